The number of hydrogen-bond donors (Lipinski definition) is 11. The summed E-state index contributed by atoms with van der Waals surface area (Å²) in [5.41, 5.74) is -0.140. The smallest absolute Gasteiger partial charge is 0.239 e. The van der Waals surface area contributed by atoms with Crippen molar-refractivity contribution >= 4 is 11.0 Å². The normalized spacial score (nSPS) is 34.9. The minimum atomic E-state index is -1.83. The van der Waals surface area contributed by atoms with Gasteiger partial charge in [0.15, 0.2) is 18.2 Å². The standard InChI is InChI=1S/C37H46O19/c1-13(2)4-9-17-20(52-36-30(49)27(46)25(44)21(11-38)53-36)10-18(40)22-26(45)33(31(54-32(17)22)15-5-7-16(39)8-6-15)55-37-34(28(47)23(42)14(3)51-37)56-35-29(48)24(43)19(41)12-50-35/h4-8,10,14,19,21,23-25,27-30,34-44,46-49H,9,11-12H2,1-3H3/t14-,19-,21+,23-,24-,25+,27-,28-,29-,30+,34+,35-,36+,37-/m0/s1. The van der Waals surface area contributed by atoms with E-state index in [0.717, 1.165) is 11.6 Å². The van der Waals surface area contributed by atoms with E-state index in [1.54, 1.807) is 19.9 Å². The van der Waals surface area contributed by atoms with E-state index in [2.05, 4.69) is 0 Å². The van der Waals surface area contributed by atoms with Gasteiger partial charge in [-0.15, -0.1) is 0 Å². The molecule has 308 valence electrons. The first kappa shape index (κ1) is 41.7. The molecule has 0 radical (unpaired) electrons. The molecule has 3 saturated heterocycles. The largest absolute Gasteiger partial charge is 0.508 e. The molecule has 0 spiro atoms. The third kappa shape index (κ3) is 8.09. The van der Waals surface area contributed by atoms with Gasteiger partial charge in [-0.2, -0.15) is 0 Å². The fourth-order valence-electron chi connectivity index (χ4n) is 6.58. The predicted molar refractivity (Wildman–Crippen MR) is 188 cm³/mol. The van der Waals surface area contributed by atoms with Gasteiger partial charge in [-0.1, -0.05) is 11.6 Å². The van der Waals surface area contributed by atoms with E-state index in [0.29, 0.717) is 0 Å². The molecule has 0 saturated carbocycles. The summed E-state index contributed by atoms with van der Waals surface area (Å²) >= 11 is 0. The molecule has 0 amide bonds. The van der Waals surface area contributed by atoms with E-state index in [1.165, 1.54) is 31.2 Å². The van der Waals surface area contributed by atoms with Gasteiger partial charge in [0.1, 0.15) is 83.2 Å². The van der Waals surface area contributed by atoms with Crippen LogP contribution in [0.5, 0.6) is 23.0 Å². The highest BCUT2D eigenvalue weighted by atomic mass is 16.8. The lowest BCUT2D eigenvalue weighted by Gasteiger charge is -2.44. The number of allylic oxidation sites excluding steroid dienone is 2. The van der Waals surface area contributed by atoms with Gasteiger partial charge >= 0.3 is 0 Å². The van der Waals surface area contributed by atoms with Gasteiger partial charge in [-0.3, -0.25) is 4.79 Å². The van der Waals surface area contributed by atoms with Crippen molar-refractivity contribution < 1.29 is 89.0 Å². The number of hydrogen-bond acceptors (Lipinski definition) is 19. The second kappa shape index (κ2) is 16.9. The van der Waals surface area contributed by atoms with Gasteiger partial charge in [-0.05, 0) is 51.5 Å². The van der Waals surface area contributed by atoms with E-state index >= 15 is 0 Å². The maximum atomic E-state index is 14.6. The van der Waals surface area contributed by atoms with Crippen LogP contribution in [-0.2, 0) is 25.4 Å². The Balaban J connectivity index is 1.49. The first-order valence-electron chi connectivity index (χ1n) is 17.8. The van der Waals surface area contributed by atoms with Gasteiger partial charge < -0.3 is 89.0 Å². The molecule has 3 aromatic rings. The van der Waals surface area contributed by atoms with Crippen molar-refractivity contribution in [3.8, 4) is 34.3 Å². The topological polar surface area (TPSA) is 308 Å². The highest BCUT2D eigenvalue weighted by molar-refractivity contribution is 5.91. The second-order valence-corrected chi connectivity index (χ2v) is 14.2. The summed E-state index contributed by atoms with van der Waals surface area (Å²) in [6.45, 7) is 3.78. The lowest BCUT2D eigenvalue weighted by atomic mass is 9.98. The zero-order valence-corrected chi connectivity index (χ0v) is 30.4. The number of phenolic OH excluding ortho intramolecular Hbond substituents is 2. The highest BCUT2D eigenvalue weighted by Gasteiger charge is 2.50. The number of ether oxygens (including phenoxy) is 6. The van der Waals surface area contributed by atoms with Crippen LogP contribution in [0.3, 0.4) is 0 Å². The molecular weight excluding hydrogens is 748 g/mol. The Morgan fingerprint density at radius 2 is 1.50 bits per heavy atom. The fraction of sp³-hybridized carbons (Fsp3) is 0.541. The zero-order chi connectivity index (χ0) is 40.7. The molecule has 0 unspecified atom stereocenters. The minimum absolute atomic E-state index is 0.00244. The number of aromatic hydroxyl groups is 2. The zero-order valence-electron chi connectivity index (χ0n) is 30.4. The second-order valence-electron chi connectivity index (χ2n) is 14.2. The third-order valence-electron chi connectivity index (χ3n) is 9.87. The van der Waals surface area contributed by atoms with E-state index in [9.17, 15) is 61.0 Å². The van der Waals surface area contributed by atoms with Crippen LogP contribution in [0.2, 0.25) is 0 Å². The summed E-state index contributed by atoms with van der Waals surface area (Å²) < 4.78 is 40.9. The van der Waals surface area contributed by atoms with Crippen LogP contribution >= 0.6 is 0 Å². The average Bonchev–Trinajstić information content (AvgIpc) is 3.16. The molecule has 1 aromatic heterocycles. The number of aliphatic hydroxyl groups is 9. The summed E-state index contributed by atoms with van der Waals surface area (Å²) in [5.74, 6) is -1.95. The molecule has 11 N–H and O–H groups in total. The summed E-state index contributed by atoms with van der Waals surface area (Å²) in [4.78, 5) is 14.6. The number of aliphatic hydroxyl groups excluding tert-OH is 9. The van der Waals surface area contributed by atoms with Crippen molar-refractivity contribution in [1.29, 1.82) is 0 Å². The van der Waals surface area contributed by atoms with Crippen molar-refractivity contribution in [2.75, 3.05) is 13.2 Å². The number of fused-ring (bicyclic) bond motifs is 1. The van der Waals surface area contributed by atoms with Crippen LogP contribution in [0.15, 0.2) is 51.2 Å². The molecule has 0 bridgehead atoms. The van der Waals surface area contributed by atoms with Crippen LogP contribution in [0, 0.1) is 0 Å². The van der Waals surface area contributed by atoms with Gasteiger partial charge in [0.25, 0.3) is 0 Å². The van der Waals surface area contributed by atoms with Crippen molar-refractivity contribution in [1.82, 2.24) is 0 Å². The predicted octanol–water partition coefficient (Wildman–Crippen LogP) is -1.77. The average molecular weight is 795 g/mol. The molecule has 19 nitrogen and oxygen atoms in total. The molecular formula is C37H46O19. The first-order valence-corrected chi connectivity index (χ1v) is 17.8. The first-order chi connectivity index (χ1) is 26.5. The lowest BCUT2D eigenvalue weighted by molar-refractivity contribution is -0.341. The highest BCUT2D eigenvalue weighted by Crippen LogP contribution is 2.42. The Morgan fingerprint density at radius 1 is 0.821 bits per heavy atom. The summed E-state index contributed by atoms with van der Waals surface area (Å²) in [5, 5.41) is 115. The van der Waals surface area contributed by atoms with Crippen LogP contribution in [0.1, 0.15) is 26.3 Å². The molecule has 56 heavy (non-hydrogen) atoms. The summed E-state index contributed by atoms with van der Waals surface area (Å²) in [6, 6.07) is 6.37. The number of rotatable bonds is 10. The van der Waals surface area contributed by atoms with Gasteiger partial charge in [0.2, 0.25) is 23.8 Å². The van der Waals surface area contributed by atoms with Gasteiger partial charge in [-0.25, -0.2) is 0 Å². The summed E-state index contributed by atoms with van der Waals surface area (Å²) in [7, 11) is 0. The SMILES string of the molecule is CC(C)=CCc1c(O[C@@H]2O[C@H](CO)[C@@H](O)[C@H](O)[C@H]2O)cc(O)c2c(=O)c(O[C@@H]3O[C@@H](C)[C@H](O)[C@H](O)[C@H]3O[C@@H]3OC[C@H](O)[C@H](O)[C@@H]3O)c(-c3ccc(O)cc3)oc12. The number of benzene rings is 2. The Bertz CT molecular complexity index is 1930. The van der Waals surface area contributed by atoms with E-state index < -0.39 is 122 Å². The van der Waals surface area contributed by atoms with Crippen LogP contribution in [-0.4, -0.2) is 155 Å². The molecule has 2 aromatic carbocycles. The Kier molecular flexibility index (Phi) is 12.6. The Hall–Kier alpha value is -3.93. The van der Waals surface area contributed by atoms with Crippen LogP contribution in [0.4, 0.5) is 0 Å². The number of phenols is 2. The Labute approximate surface area is 318 Å². The van der Waals surface area contributed by atoms with Crippen LogP contribution in [0.25, 0.3) is 22.3 Å². The van der Waals surface area contributed by atoms with Crippen molar-refractivity contribution in [3.05, 3.63) is 57.8 Å². The van der Waals surface area contributed by atoms with Gasteiger partial charge in [0.05, 0.1) is 19.3 Å². The molecule has 3 aliphatic rings. The fourth-order valence-corrected chi connectivity index (χ4v) is 6.58. The third-order valence-corrected chi connectivity index (χ3v) is 9.87. The molecule has 3 fully saturated rings. The molecule has 14 atom stereocenters. The van der Waals surface area contributed by atoms with Crippen molar-refractivity contribution in [2.24, 2.45) is 0 Å². The monoisotopic (exact) mass is 794 g/mol. The Morgan fingerprint density at radius 3 is 2.16 bits per heavy atom. The quantitative estimate of drug-likeness (QED) is 0.101. The maximum absolute atomic E-state index is 14.6. The summed E-state index contributed by atoms with van der Waals surface area (Å²) in [6.07, 6.45) is -21.2. The lowest BCUT2D eigenvalue weighted by Crippen LogP contribution is -2.62. The van der Waals surface area contributed by atoms with E-state index in [-0.39, 0.29) is 40.4 Å². The molecule has 0 aliphatic carbocycles. The van der Waals surface area contributed by atoms with E-state index in [4.69, 9.17) is 32.8 Å². The molecule has 3 aliphatic heterocycles. The maximum Gasteiger partial charge on any atom is 0.239 e. The van der Waals surface area contributed by atoms with Crippen molar-refractivity contribution in [2.45, 2.75) is 113 Å². The molecule has 19 heteroatoms. The van der Waals surface area contributed by atoms with Gasteiger partial charge in [0, 0.05) is 17.2 Å². The molecule has 4 heterocycles. The van der Waals surface area contributed by atoms with E-state index in [1.807, 2.05) is 0 Å². The minimum Gasteiger partial charge on any atom is -0.508 e. The van der Waals surface area contributed by atoms with Crippen molar-refractivity contribution in [3.63, 3.8) is 0 Å². The molecule has 6 rings (SSSR count). The van der Waals surface area contributed by atoms with Crippen LogP contribution < -0.4 is 14.9 Å².